The van der Waals surface area contributed by atoms with Crippen LogP contribution in [0.5, 0.6) is 5.88 Å². The molecule has 0 amide bonds. The lowest BCUT2D eigenvalue weighted by Gasteiger charge is -2.26. The van der Waals surface area contributed by atoms with Crippen molar-refractivity contribution in [1.82, 2.24) is 34.6 Å². The molecule has 142 valence electrons. The van der Waals surface area contributed by atoms with Gasteiger partial charge in [0.15, 0.2) is 17.3 Å². The highest BCUT2D eigenvalue weighted by Crippen LogP contribution is 2.40. The summed E-state index contributed by atoms with van der Waals surface area (Å²) in [6.45, 7) is 0.256. The Labute approximate surface area is 160 Å². The summed E-state index contributed by atoms with van der Waals surface area (Å²) >= 11 is 0. The van der Waals surface area contributed by atoms with E-state index in [2.05, 4.69) is 25.4 Å². The fourth-order valence-corrected chi connectivity index (χ4v) is 3.35. The number of nitrogens with zero attached hydrogens (tertiary/aromatic N) is 7. The van der Waals surface area contributed by atoms with Crippen LogP contribution in [0.1, 0.15) is 36.6 Å². The number of ether oxygens (including phenoxy) is 1. The van der Waals surface area contributed by atoms with Gasteiger partial charge in [0.2, 0.25) is 5.88 Å². The standard InChI is InChI=1S/C19H18FN7O/c1-26-17(21-11-22-26)10-28-19-15(12-4-2-5-12)9-16-23-24-18(27(16)25-19)13-6-3-7-14(20)8-13/h3,6-9,11-12H,2,4-5,10H2,1H3. The van der Waals surface area contributed by atoms with Crippen LogP contribution < -0.4 is 4.74 Å². The van der Waals surface area contributed by atoms with E-state index in [-0.39, 0.29) is 12.4 Å². The van der Waals surface area contributed by atoms with Gasteiger partial charge in [-0.25, -0.2) is 9.37 Å². The summed E-state index contributed by atoms with van der Waals surface area (Å²) in [5.41, 5.74) is 2.25. The Morgan fingerprint density at radius 1 is 1.21 bits per heavy atom. The highest BCUT2D eigenvalue weighted by molar-refractivity contribution is 5.59. The fraction of sp³-hybridized carbons (Fsp3) is 0.316. The lowest BCUT2D eigenvalue weighted by Crippen LogP contribution is -2.14. The molecule has 1 fully saturated rings. The van der Waals surface area contributed by atoms with Crippen molar-refractivity contribution in [2.75, 3.05) is 0 Å². The summed E-state index contributed by atoms with van der Waals surface area (Å²) in [6.07, 6.45) is 4.88. The summed E-state index contributed by atoms with van der Waals surface area (Å²) in [5, 5.41) is 17.2. The van der Waals surface area contributed by atoms with Crippen molar-refractivity contribution < 1.29 is 9.13 Å². The number of halogens is 1. The van der Waals surface area contributed by atoms with Crippen LogP contribution in [-0.4, -0.2) is 34.6 Å². The van der Waals surface area contributed by atoms with Crippen molar-refractivity contribution in [1.29, 1.82) is 0 Å². The van der Waals surface area contributed by atoms with Crippen molar-refractivity contribution in [3.05, 3.63) is 53.9 Å². The molecule has 0 atom stereocenters. The van der Waals surface area contributed by atoms with Crippen LogP contribution in [0, 0.1) is 5.82 Å². The Bertz CT molecular complexity index is 1150. The van der Waals surface area contributed by atoms with E-state index in [1.807, 2.05) is 13.1 Å². The van der Waals surface area contributed by atoms with E-state index in [1.54, 1.807) is 21.3 Å². The predicted molar refractivity (Wildman–Crippen MR) is 98.1 cm³/mol. The topological polar surface area (TPSA) is 83.0 Å². The van der Waals surface area contributed by atoms with E-state index >= 15 is 0 Å². The number of hydrogen-bond donors (Lipinski definition) is 0. The normalized spacial score (nSPS) is 14.4. The molecule has 9 heteroatoms. The first kappa shape index (κ1) is 16.8. The van der Waals surface area contributed by atoms with Crippen LogP contribution in [0.25, 0.3) is 17.0 Å². The lowest BCUT2D eigenvalue weighted by atomic mass is 9.80. The molecule has 3 aromatic heterocycles. The molecule has 0 radical (unpaired) electrons. The zero-order chi connectivity index (χ0) is 19.1. The molecule has 28 heavy (non-hydrogen) atoms. The van der Waals surface area contributed by atoms with E-state index in [1.165, 1.54) is 24.9 Å². The Balaban J connectivity index is 1.57. The minimum Gasteiger partial charge on any atom is -0.468 e. The Morgan fingerprint density at radius 3 is 2.82 bits per heavy atom. The van der Waals surface area contributed by atoms with Gasteiger partial charge in [-0.15, -0.1) is 15.3 Å². The van der Waals surface area contributed by atoms with Crippen LogP contribution in [0.3, 0.4) is 0 Å². The number of hydrogen-bond acceptors (Lipinski definition) is 6. The van der Waals surface area contributed by atoms with Crippen molar-refractivity contribution in [2.45, 2.75) is 31.8 Å². The third-order valence-corrected chi connectivity index (χ3v) is 5.16. The molecule has 1 saturated carbocycles. The summed E-state index contributed by atoms with van der Waals surface area (Å²) in [6, 6.07) is 8.20. The smallest absolute Gasteiger partial charge is 0.235 e. The van der Waals surface area contributed by atoms with E-state index < -0.39 is 0 Å². The first-order valence-electron chi connectivity index (χ1n) is 9.17. The third kappa shape index (κ3) is 2.88. The van der Waals surface area contributed by atoms with Crippen LogP contribution in [-0.2, 0) is 13.7 Å². The van der Waals surface area contributed by atoms with Gasteiger partial charge < -0.3 is 4.74 Å². The van der Waals surface area contributed by atoms with Gasteiger partial charge in [0.1, 0.15) is 18.8 Å². The van der Waals surface area contributed by atoms with Crippen LogP contribution in [0.2, 0.25) is 0 Å². The van der Waals surface area contributed by atoms with Gasteiger partial charge in [-0.05, 0) is 37.0 Å². The van der Waals surface area contributed by atoms with Gasteiger partial charge in [0.05, 0.1) is 0 Å². The number of fused-ring (bicyclic) bond motifs is 1. The van der Waals surface area contributed by atoms with E-state index in [9.17, 15) is 4.39 Å². The van der Waals surface area contributed by atoms with Gasteiger partial charge in [-0.2, -0.15) is 9.61 Å². The summed E-state index contributed by atoms with van der Waals surface area (Å²) in [7, 11) is 1.82. The Kier molecular flexibility index (Phi) is 4.00. The van der Waals surface area contributed by atoms with E-state index in [0.717, 1.165) is 18.4 Å². The quantitative estimate of drug-likeness (QED) is 0.530. The average molecular weight is 379 g/mol. The largest absolute Gasteiger partial charge is 0.468 e. The molecule has 0 spiro atoms. The Hall–Kier alpha value is -3.36. The number of aromatic nitrogens is 7. The minimum atomic E-state index is -0.334. The summed E-state index contributed by atoms with van der Waals surface area (Å²) < 4.78 is 23.0. The van der Waals surface area contributed by atoms with Crippen LogP contribution in [0.4, 0.5) is 4.39 Å². The van der Waals surface area contributed by atoms with Gasteiger partial charge in [-0.1, -0.05) is 18.6 Å². The van der Waals surface area contributed by atoms with E-state index in [0.29, 0.717) is 34.7 Å². The Morgan fingerprint density at radius 2 is 2.11 bits per heavy atom. The van der Waals surface area contributed by atoms with Crippen molar-refractivity contribution in [2.24, 2.45) is 7.05 Å². The van der Waals surface area contributed by atoms with Gasteiger partial charge in [0, 0.05) is 18.2 Å². The molecule has 3 heterocycles. The average Bonchev–Trinajstić information content (AvgIpc) is 3.24. The molecule has 4 aromatic rings. The molecule has 1 aromatic carbocycles. The first-order valence-corrected chi connectivity index (χ1v) is 9.17. The highest BCUT2D eigenvalue weighted by atomic mass is 19.1. The maximum atomic E-state index is 13.7. The minimum absolute atomic E-state index is 0.256. The van der Waals surface area contributed by atoms with Gasteiger partial charge >= 0.3 is 0 Å². The maximum Gasteiger partial charge on any atom is 0.235 e. The number of benzene rings is 1. The second-order valence-electron chi connectivity index (χ2n) is 6.93. The predicted octanol–water partition coefficient (Wildman–Crippen LogP) is 2.91. The highest BCUT2D eigenvalue weighted by Gasteiger charge is 2.26. The molecule has 1 aliphatic carbocycles. The fourth-order valence-electron chi connectivity index (χ4n) is 3.35. The third-order valence-electron chi connectivity index (χ3n) is 5.16. The van der Waals surface area contributed by atoms with Crippen molar-refractivity contribution in [3.63, 3.8) is 0 Å². The van der Waals surface area contributed by atoms with Crippen LogP contribution >= 0.6 is 0 Å². The maximum absolute atomic E-state index is 13.7. The second-order valence-corrected chi connectivity index (χ2v) is 6.93. The molecular formula is C19H18FN7O. The van der Waals surface area contributed by atoms with Crippen LogP contribution in [0.15, 0.2) is 36.7 Å². The molecule has 0 bridgehead atoms. The summed E-state index contributed by atoms with van der Waals surface area (Å²) in [5.74, 6) is 1.77. The number of aryl methyl sites for hydroxylation is 1. The van der Waals surface area contributed by atoms with E-state index in [4.69, 9.17) is 4.74 Å². The molecule has 1 aliphatic rings. The molecule has 0 unspecified atom stereocenters. The molecule has 0 aliphatic heterocycles. The van der Waals surface area contributed by atoms with Crippen molar-refractivity contribution in [3.8, 4) is 17.3 Å². The first-order chi connectivity index (χ1) is 13.7. The van der Waals surface area contributed by atoms with Crippen molar-refractivity contribution >= 4 is 5.65 Å². The zero-order valence-corrected chi connectivity index (χ0v) is 15.3. The van der Waals surface area contributed by atoms with Gasteiger partial charge in [0.25, 0.3) is 0 Å². The molecule has 0 saturated heterocycles. The van der Waals surface area contributed by atoms with Gasteiger partial charge in [-0.3, -0.25) is 4.68 Å². The number of rotatable bonds is 5. The molecule has 8 nitrogen and oxygen atoms in total. The zero-order valence-electron chi connectivity index (χ0n) is 15.3. The SMILES string of the molecule is Cn1ncnc1COc1nn2c(-c3cccc(F)c3)nnc2cc1C1CCC1. The summed E-state index contributed by atoms with van der Waals surface area (Å²) in [4.78, 5) is 4.19. The molecular weight excluding hydrogens is 361 g/mol. The lowest BCUT2D eigenvalue weighted by molar-refractivity contribution is 0.264. The monoisotopic (exact) mass is 379 g/mol. The molecule has 0 N–H and O–H groups in total. The second kappa shape index (κ2) is 6.66. The molecule has 5 rings (SSSR count).